The number of fused-ring (bicyclic) bond motifs is 1. The number of nitrogens with one attached hydrogen (secondary N) is 2. The van der Waals surface area contributed by atoms with Gasteiger partial charge in [0.1, 0.15) is 5.52 Å². The number of amides is 2. The summed E-state index contributed by atoms with van der Waals surface area (Å²) in [5, 5.41) is 6.20. The van der Waals surface area contributed by atoms with Crippen molar-refractivity contribution in [2.45, 2.75) is 18.9 Å². The van der Waals surface area contributed by atoms with Crippen LogP contribution in [0.5, 0.6) is 0 Å². The molecule has 1 saturated heterocycles. The van der Waals surface area contributed by atoms with E-state index in [0.717, 1.165) is 30.5 Å². The van der Waals surface area contributed by atoms with Crippen molar-refractivity contribution in [2.75, 3.05) is 23.3 Å². The first-order valence-corrected chi connectivity index (χ1v) is 9.00. The number of hydrogen-bond donors (Lipinski definition) is 2. The minimum absolute atomic E-state index is 0.153. The van der Waals surface area contributed by atoms with Crippen LogP contribution in [0.1, 0.15) is 12.8 Å². The number of aromatic nitrogens is 1. The summed E-state index contributed by atoms with van der Waals surface area (Å²) in [6.07, 6.45) is 2.02. The average molecular weight is 371 g/mol. The zero-order valence-corrected chi connectivity index (χ0v) is 14.9. The number of carbonyl (C=O) groups is 1. The van der Waals surface area contributed by atoms with Gasteiger partial charge in [0.25, 0.3) is 6.01 Å². The Hall–Kier alpha value is -2.73. The van der Waals surface area contributed by atoms with Gasteiger partial charge in [-0.2, -0.15) is 4.98 Å². The molecule has 1 fully saturated rings. The van der Waals surface area contributed by atoms with Gasteiger partial charge in [0.15, 0.2) is 5.58 Å². The van der Waals surface area contributed by atoms with Crippen LogP contribution in [-0.4, -0.2) is 30.1 Å². The Morgan fingerprint density at radius 1 is 1.23 bits per heavy atom. The first-order valence-electron chi connectivity index (χ1n) is 8.62. The third-order valence-corrected chi connectivity index (χ3v) is 4.86. The zero-order chi connectivity index (χ0) is 17.9. The first-order chi connectivity index (χ1) is 12.7. The fourth-order valence-electron chi connectivity index (χ4n) is 3.22. The second-order valence-corrected chi connectivity index (χ2v) is 6.68. The van der Waals surface area contributed by atoms with Crippen LogP contribution in [0, 0.1) is 0 Å². The largest absolute Gasteiger partial charge is 0.423 e. The number of anilines is 2. The van der Waals surface area contributed by atoms with Crippen LogP contribution >= 0.6 is 11.6 Å². The molecular formula is C19H19ClN4O2. The van der Waals surface area contributed by atoms with E-state index in [1.165, 1.54) is 0 Å². The minimum Gasteiger partial charge on any atom is -0.423 e. The van der Waals surface area contributed by atoms with Crippen LogP contribution in [0.4, 0.5) is 16.5 Å². The molecule has 1 aliphatic heterocycles. The Kier molecular flexibility index (Phi) is 4.67. The molecule has 2 aromatic carbocycles. The van der Waals surface area contributed by atoms with Crippen molar-refractivity contribution in [2.24, 2.45) is 0 Å². The third kappa shape index (κ3) is 3.46. The highest BCUT2D eigenvalue weighted by molar-refractivity contribution is 6.33. The van der Waals surface area contributed by atoms with E-state index in [0.29, 0.717) is 23.3 Å². The lowest BCUT2D eigenvalue weighted by molar-refractivity contribution is 0.251. The highest BCUT2D eigenvalue weighted by atomic mass is 35.5. The number of benzene rings is 2. The highest BCUT2D eigenvalue weighted by Gasteiger charge is 2.28. The van der Waals surface area contributed by atoms with Gasteiger partial charge >= 0.3 is 6.03 Å². The third-order valence-electron chi connectivity index (χ3n) is 4.53. The maximum atomic E-state index is 12.2. The van der Waals surface area contributed by atoms with Crippen molar-refractivity contribution < 1.29 is 9.21 Å². The second kappa shape index (κ2) is 7.25. The molecule has 6 nitrogen and oxygen atoms in total. The van der Waals surface area contributed by atoms with Gasteiger partial charge in [0, 0.05) is 13.1 Å². The quantitative estimate of drug-likeness (QED) is 0.719. The smallest absolute Gasteiger partial charge is 0.319 e. The maximum absolute atomic E-state index is 12.2. The summed E-state index contributed by atoms with van der Waals surface area (Å²) in [6.45, 7) is 1.38. The Labute approximate surface area is 156 Å². The van der Waals surface area contributed by atoms with Gasteiger partial charge in [0.2, 0.25) is 0 Å². The van der Waals surface area contributed by atoms with E-state index in [1.807, 2.05) is 36.4 Å². The van der Waals surface area contributed by atoms with Crippen LogP contribution < -0.4 is 15.5 Å². The van der Waals surface area contributed by atoms with Crippen LogP contribution in [0.3, 0.4) is 0 Å². The molecule has 2 heterocycles. The lowest BCUT2D eigenvalue weighted by Gasteiger charge is -2.23. The predicted octanol–water partition coefficient (Wildman–Crippen LogP) is 4.27. The van der Waals surface area contributed by atoms with Crippen LogP contribution in [-0.2, 0) is 0 Å². The molecule has 1 aromatic heterocycles. The molecule has 2 N–H and O–H groups in total. The lowest BCUT2D eigenvalue weighted by atomic mass is 10.2. The number of oxazole rings is 1. The Bertz CT molecular complexity index is 894. The van der Waals surface area contributed by atoms with Crippen LogP contribution in [0.15, 0.2) is 52.9 Å². The molecule has 3 aromatic rings. The van der Waals surface area contributed by atoms with Gasteiger partial charge in [-0.05, 0) is 37.1 Å². The standard InChI is InChI=1S/C19H19ClN4O2/c20-14-7-1-2-8-15(14)22-18(25)21-12-13-6-5-11-24(13)19-23-16-9-3-4-10-17(16)26-19/h1-4,7-10,13H,5-6,11-12H2,(H2,21,22,25). The number of nitrogens with zero attached hydrogens (tertiary/aromatic N) is 2. The van der Waals surface area contributed by atoms with Gasteiger partial charge in [0.05, 0.1) is 16.8 Å². The molecule has 0 spiro atoms. The zero-order valence-electron chi connectivity index (χ0n) is 14.1. The van der Waals surface area contributed by atoms with E-state index in [-0.39, 0.29) is 12.1 Å². The van der Waals surface area contributed by atoms with Crippen molar-refractivity contribution in [3.8, 4) is 0 Å². The fourth-order valence-corrected chi connectivity index (χ4v) is 3.41. The van der Waals surface area contributed by atoms with Gasteiger partial charge in [-0.3, -0.25) is 0 Å². The summed E-state index contributed by atoms with van der Waals surface area (Å²) in [7, 11) is 0. The van der Waals surface area contributed by atoms with Crippen molar-refractivity contribution >= 4 is 40.4 Å². The second-order valence-electron chi connectivity index (χ2n) is 6.27. The molecule has 0 radical (unpaired) electrons. The normalized spacial score (nSPS) is 16.8. The maximum Gasteiger partial charge on any atom is 0.319 e. The summed E-state index contributed by atoms with van der Waals surface area (Å²) in [5.74, 6) is 0. The summed E-state index contributed by atoms with van der Waals surface area (Å²) in [5.41, 5.74) is 2.21. The van der Waals surface area contributed by atoms with E-state index >= 15 is 0 Å². The van der Waals surface area contributed by atoms with E-state index in [2.05, 4.69) is 20.5 Å². The molecule has 0 aliphatic carbocycles. The first kappa shape index (κ1) is 16.7. The number of para-hydroxylation sites is 3. The van der Waals surface area contributed by atoms with E-state index in [1.54, 1.807) is 12.1 Å². The average Bonchev–Trinajstić information content (AvgIpc) is 3.28. The van der Waals surface area contributed by atoms with E-state index in [4.69, 9.17) is 16.0 Å². The fraction of sp³-hybridized carbons (Fsp3) is 0.263. The molecule has 1 unspecified atom stereocenters. The van der Waals surface area contributed by atoms with Crippen molar-refractivity contribution in [1.29, 1.82) is 0 Å². The predicted molar refractivity (Wildman–Crippen MR) is 103 cm³/mol. The molecular weight excluding hydrogens is 352 g/mol. The number of hydrogen-bond acceptors (Lipinski definition) is 4. The van der Waals surface area contributed by atoms with Crippen molar-refractivity contribution in [3.63, 3.8) is 0 Å². The molecule has 134 valence electrons. The number of urea groups is 1. The van der Waals surface area contributed by atoms with Gasteiger partial charge < -0.3 is 20.0 Å². The van der Waals surface area contributed by atoms with Crippen LogP contribution in [0.25, 0.3) is 11.1 Å². The molecule has 2 amide bonds. The Balaban J connectivity index is 1.39. The molecule has 4 rings (SSSR count). The SMILES string of the molecule is O=C(NCC1CCCN1c1nc2ccccc2o1)Nc1ccccc1Cl. The Morgan fingerprint density at radius 3 is 2.88 bits per heavy atom. The summed E-state index contributed by atoms with van der Waals surface area (Å²) in [6, 6.07) is 15.4. The number of carbonyl (C=O) groups excluding carboxylic acids is 1. The highest BCUT2D eigenvalue weighted by Crippen LogP contribution is 2.28. The summed E-state index contributed by atoms with van der Waals surface area (Å²) >= 11 is 6.07. The molecule has 7 heteroatoms. The number of halogens is 1. The Morgan fingerprint density at radius 2 is 2.04 bits per heavy atom. The van der Waals surface area contributed by atoms with Gasteiger partial charge in [-0.25, -0.2) is 4.79 Å². The number of rotatable bonds is 4. The molecule has 0 saturated carbocycles. The van der Waals surface area contributed by atoms with Crippen molar-refractivity contribution in [1.82, 2.24) is 10.3 Å². The van der Waals surface area contributed by atoms with E-state index in [9.17, 15) is 4.79 Å². The summed E-state index contributed by atoms with van der Waals surface area (Å²) < 4.78 is 5.87. The molecule has 1 aliphatic rings. The van der Waals surface area contributed by atoms with E-state index < -0.39 is 0 Å². The summed E-state index contributed by atoms with van der Waals surface area (Å²) in [4.78, 5) is 18.9. The lowest BCUT2D eigenvalue weighted by Crippen LogP contribution is -2.41. The van der Waals surface area contributed by atoms with Gasteiger partial charge in [-0.1, -0.05) is 35.9 Å². The molecule has 1 atom stereocenters. The van der Waals surface area contributed by atoms with Crippen LogP contribution in [0.2, 0.25) is 5.02 Å². The topological polar surface area (TPSA) is 70.4 Å². The minimum atomic E-state index is -0.275. The van der Waals surface area contributed by atoms with Crippen molar-refractivity contribution in [3.05, 3.63) is 53.6 Å². The molecule has 26 heavy (non-hydrogen) atoms. The van der Waals surface area contributed by atoms with Gasteiger partial charge in [-0.15, -0.1) is 0 Å². The molecule has 0 bridgehead atoms. The monoisotopic (exact) mass is 370 g/mol.